The SMILES string of the molecule is CC[C@@H](Nc1c(Nc2ccc(Cl)c3c2C(=O)N(c2cc(C)ccc2CO)C3)c(=O)c1=O)c1ccc(C)o1. The van der Waals surface area contributed by atoms with E-state index in [1.165, 1.54) is 0 Å². The molecule has 0 spiro atoms. The molecule has 9 heteroatoms. The Morgan fingerprint density at radius 2 is 1.81 bits per heavy atom. The van der Waals surface area contributed by atoms with Gasteiger partial charge in [-0.2, -0.15) is 0 Å². The second kappa shape index (κ2) is 9.53. The lowest BCUT2D eigenvalue weighted by Crippen LogP contribution is -2.37. The third-order valence-corrected chi connectivity index (χ3v) is 7.09. The number of benzene rings is 2. The van der Waals surface area contributed by atoms with Gasteiger partial charge in [-0.25, -0.2) is 0 Å². The number of carbonyl (C=O) groups excluding carboxylic acids is 1. The van der Waals surface area contributed by atoms with E-state index in [0.29, 0.717) is 45.3 Å². The number of rotatable bonds is 8. The van der Waals surface area contributed by atoms with E-state index in [-0.39, 0.29) is 36.5 Å². The number of anilines is 4. The van der Waals surface area contributed by atoms with Gasteiger partial charge in [-0.1, -0.05) is 30.7 Å². The van der Waals surface area contributed by atoms with Crippen LogP contribution < -0.4 is 26.4 Å². The molecule has 0 saturated heterocycles. The normalized spacial score (nSPS) is 13.8. The number of fused-ring (bicyclic) bond motifs is 1. The summed E-state index contributed by atoms with van der Waals surface area (Å²) in [6.45, 7) is 5.68. The van der Waals surface area contributed by atoms with E-state index in [1.807, 2.05) is 45.0 Å². The summed E-state index contributed by atoms with van der Waals surface area (Å²) in [7, 11) is 0. The molecule has 0 bridgehead atoms. The highest BCUT2D eigenvalue weighted by atomic mass is 35.5. The summed E-state index contributed by atoms with van der Waals surface area (Å²) >= 11 is 6.48. The molecule has 8 nitrogen and oxygen atoms in total. The summed E-state index contributed by atoms with van der Waals surface area (Å²) in [4.78, 5) is 40.2. The third-order valence-electron chi connectivity index (χ3n) is 6.73. The molecule has 2 heterocycles. The third kappa shape index (κ3) is 4.22. The van der Waals surface area contributed by atoms with Gasteiger partial charge in [0.05, 0.1) is 36.1 Å². The van der Waals surface area contributed by atoms with E-state index in [1.54, 1.807) is 23.1 Å². The Balaban J connectivity index is 1.49. The minimum Gasteiger partial charge on any atom is -0.464 e. The fourth-order valence-electron chi connectivity index (χ4n) is 4.72. The number of hydrogen-bond acceptors (Lipinski definition) is 7. The predicted octanol–water partition coefficient (Wildman–Crippen LogP) is 5.11. The van der Waals surface area contributed by atoms with Crippen LogP contribution in [0, 0.1) is 13.8 Å². The smallest absolute Gasteiger partial charge is 0.261 e. The summed E-state index contributed by atoms with van der Waals surface area (Å²) in [6, 6.07) is 12.2. The van der Waals surface area contributed by atoms with E-state index in [9.17, 15) is 19.5 Å². The standard InChI is InChI=1S/C28H26ClN3O5/c1-4-19(22-10-6-15(3)37-22)30-24-25(27(35)26(24)34)31-20-9-8-18(29)17-12-32(28(36)23(17)20)21-11-14(2)5-7-16(21)13-33/h5-11,19,30-31,33H,4,12-13H2,1-3H3/t19-/m1/s1. The van der Waals surface area contributed by atoms with Crippen LogP contribution in [-0.4, -0.2) is 11.0 Å². The van der Waals surface area contributed by atoms with Crippen molar-refractivity contribution in [3.05, 3.63) is 102 Å². The van der Waals surface area contributed by atoms with Crippen molar-refractivity contribution in [3.8, 4) is 0 Å². The second-order valence-electron chi connectivity index (χ2n) is 9.22. The average molecular weight is 520 g/mol. The maximum Gasteiger partial charge on any atom is 0.261 e. The van der Waals surface area contributed by atoms with Gasteiger partial charge in [0.2, 0.25) is 0 Å². The molecule has 0 unspecified atom stereocenters. The lowest BCUT2D eigenvalue weighted by Gasteiger charge is -2.21. The molecule has 0 fully saturated rings. The number of furan rings is 1. The first kappa shape index (κ1) is 24.8. The number of halogens is 1. The highest BCUT2D eigenvalue weighted by molar-refractivity contribution is 6.33. The Kier molecular flexibility index (Phi) is 6.39. The largest absolute Gasteiger partial charge is 0.464 e. The average Bonchev–Trinajstić information content (AvgIpc) is 3.48. The molecule has 0 aliphatic carbocycles. The number of carbonyl (C=O) groups is 1. The van der Waals surface area contributed by atoms with Crippen LogP contribution in [0.5, 0.6) is 0 Å². The van der Waals surface area contributed by atoms with E-state index in [4.69, 9.17) is 16.0 Å². The highest BCUT2D eigenvalue weighted by Gasteiger charge is 2.35. The zero-order valence-electron chi connectivity index (χ0n) is 20.6. The topological polar surface area (TPSA) is 112 Å². The van der Waals surface area contributed by atoms with Crippen LogP contribution in [0.1, 0.15) is 58.0 Å². The summed E-state index contributed by atoms with van der Waals surface area (Å²) in [6.07, 6.45) is 0.624. The summed E-state index contributed by atoms with van der Waals surface area (Å²) in [5.41, 5.74) is 2.41. The van der Waals surface area contributed by atoms with E-state index < -0.39 is 10.9 Å². The number of aliphatic hydroxyl groups is 1. The molecular formula is C28H26ClN3O5. The number of aryl methyl sites for hydroxylation is 2. The molecule has 5 rings (SSSR count). The minimum absolute atomic E-state index is 0.0918. The van der Waals surface area contributed by atoms with Crippen molar-refractivity contribution < 1.29 is 14.3 Å². The van der Waals surface area contributed by atoms with Gasteiger partial charge in [0.1, 0.15) is 22.9 Å². The summed E-state index contributed by atoms with van der Waals surface area (Å²) in [5, 5.41) is 16.4. The van der Waals surface area contributed by atoms with Gasteiger partial charge in [-0.15, -0.1) is 0 Å². The molecule has 3 N–H and O–H groups in total. The molecular weight excluding hydrogens is 494 g/mol. The first-order chi connectivity index (χ1) is 17.7. The maximum absolute atomic E-state index is 13.6. The van der Waals surface area contributed by atoms with Crippen LogP contribution in [0.15, 0.2) is 56.5 Å². The molecule has 190 valence electrons. The van der Waals surface area contributed by atoms with Crippen molar-refractivity contribution in [2.24, 2.45) is 0 Å². The first-order valence-electron chi connectivity index (χ1n) is 12.0. The van der Waals surface area contributed by atoms with Crippen molar-refractivity contribution in [2.75, 3.05) is 15.5 Å². The van der Waals surface area contributed by atoms with Crippen LogP contribution >= 0.6 is 11.6 Å². The Morgan fingerprint density at radius 1 is 1.05 bits per heavy atom. The molecule has 3 aromatic carbocycles. The maximum atomic E-state index is 13.6. The minimum atomic E-state index is -0.666. The Labute approximate surface area is 218 Å². The van der Waals surface area contributed by atoms with Gasteiger partial charge in [0.15, 0.2) is 0 Å². The van der Waals surface area contributed by atoms with Gasteiger partial charge >= 0.3 is 0 Å². The van der Waals surface area contributed by atoms with Crippen molar-refractivity contribution in [1.82, 2.24) is 0 Å². The first-order valence-corrected chi connectivity index (χ1v) is 12.4. The van der Waals surface area contributed by atoms with Crippen molar-refractivity contribution >= 4 is 40.3 Å². The molecule has 0 radical (unpaired) electrons. The fraction of sp³-hybridized carbons (Fsp3) is 0.250. The molecule has 1 aliphatic rings. The molecule has 0 saturated carbocycles. The molecule has 1 aromatic heterocycles. The number of amides is 1. The van der Waals surface area contributed by atoms with Crippen LogP contribution in [0.4, 0.5) is 22.7 Å². The van der Waals surface area contributed by atoms with E-state index in [2.05, 4.69) is 10.6 Å². The van der Waals surface area contributed by atoms with E-state index in [0.717, 1.165) is 11.3 Å². The van der Waals surface area contributed by atoms with Crippen molar-refractivity contribution in [1.29, 1.82) is 0 Å². The molecule has 37 heavy (non-hydrogen) atoms. The van der Waals surface area contributed by atoms with Gasteiger partial charge in [0.25, 0.3) is 16.8 Å². The monoisotopic (exact) mass is 519 g/mol. The lowest BCUT2D eigenvalue weighted by atomic mass is 10.1. The van der Waals surface area contributed by atoms with Crippen LogP contribution in [-0.2, 0) is 13.2 Å². The number of nitrogens with one attached hydrogen (secondary N) is 2. The number of hydrogen-bond donors (Lipinski definition) is 3. The second-order valence-corrected chi connectivity index (χ2v) is 9.62. The van der Waals surface area contributed by atoms with Gasteiger partial charge < -0.3 is 25.1 Å². The van der Waals surface area contributed by atoms with Crippen molar-refractivity contribution in [2.45, 2.75) is 46.4 Å². The summed E-state index contributed by atoms with van der Waals surface area (Å²) in [5.74, 6) is 1.09. The quantitative estimate of drug-likeness (QED) is 0.277. The predicted molar refractivity (Wildman–Crippen MR) is 144 cm³/mol. The van der Waals surface area contributed by atoms with E-state index >= 15 is 0 Å². The Morgan fingerprint density at radius 3 is 2.49 bits per heavy atom. The van der Waals surface area contributed by atoms with Crippen molar-refractivity contribution in [3.63, 3.8) is 0 Å². The van der Waals surface area contributed by atoms with Crippen LogP contribution in [0.3, 0.4) is 0 Å². The van der Waals surface area contributed by atoms with Gasteiger partial charge in [-0.3, -0.25) is 14.4 Å². The Hall–Kier alpha value is -3.88. The zero-order chi connectivity index (χ0) is 26.4. The van der Waals surface area contributed by atoms with Gasteiger partial charge in [0, 0.05) is 16.1 Å². The number of nitrogens with zero attached hydrogens (tertiary/aromatic N) is 1. The zero-order valence-corrected chi connectivity index (χ0v) is 21.4. The fourth-order valence-corrected chi connectivity index (χ4v) is 4.93. The van der Waals surface area contributed by atoms with Crippen LogP contribution in [0.2, 0.25) is 5.02 Å². The molecule has 4 aromatic rings. The highest BCUT2D eigenvalue weighted by Crippen LogP contribution is 2.40. The molecule has 1 atom stereocenters. The molecule has 1 aliphatic heterocycles. The molecule has 1 amide bonds. The lowest BCUT2D eigenvalue weighted by molar-refractivity contribution is 0.0997. The Bertz CT molecular complexity index is 1600. The van der Waals surface area contributed by atoms with Crippen LogP contribution in [0.25, 0.3) is 0 Å². The van der Waals surface area contributed by atoms with Gasteiger partial charge in [-0.05, 0) is 56.2 Å². The number of aliphatic hydroxyl groups excluding tert-OH is 1. The summed E-state index contributed by atoms with van der Waals surface area (Å²) < 4.78 is 5.71.